The van der Waals surface area contributed by atoms with Gasteiger partial charge < -0.3 is 14.7 Å². The Hall–Kier alpha value is -1.91. The van der Waals surface area contributed by atoms with E-state index in [1.54, 1.807) is 0 Å². The molecule has 4 nitrogen and oxygen atoms in total. The topological polar surface area (TPSA) is 22.6 Å². The first-order chi connectivity index (χ1) is 11.1. The average molecular weight is 310 g/mol. The number of benzene rings is 1. The van der Waals surface area contributed by atoms with Crippen LogP contribution in [-0.4, -0.2) is 62.1 Å². The van der Waals surface area contributed by atoms with E-state index in [0.29, 0.717) is 0 Å². The van der Waals surface area contributed by atoms with Gasteiger partial charge in [-0.2, -0.15) is 0 Å². The van der Waals surface area contributed by atoms with Crippen LogP contribution in [0.1, 0.15) is 5.56 Å². The summed E-state index contributed by atoms with van der Waals surface area (Å²) in [7, 11) is 6.37. The Morgan fingerprint density at radius 3 is 2.43 bits per heavy atom. The number of likely N-dealkylation sites (N-methyl/N-ethyl adjacent to an activating group) is 1. The van der Waals surface area contributed by atoms with E-state index in [2.05, 4.69) is 72.2 Å². The summed E-state index contributed by atoms with van der Waals surface area (Å²) < 4.78 is 0. The lowest BCUT2D eigenvalue weighted by Gasteiger charge is -2.33. The fourth-order valence-electron chi connectivity index (χ4n) is 2.99. The van der Waals surface area contributed by atoms with Crippen molar-refractivity contribution in [3.8, 4) is 11.1 Å². The van der Waals surface area contributed by atoms with Crippen LogP contribution in [-0.2, 0) is 6.54 Å². The molecule has 2 aromatic rings. The largest absolute Gasteiger partial charge is 0.354 e. The number of piperazine rings is 1. The van der Waals surface area contributed by atoms with E-state index in [4.69, 9.17) is 4.98 Å². The first kappa shape index (κ1) is 16.0. The second-order valence-corrected chi connectivity index (χ2v) is 6.63. The summed E-state index contributed by atoms with van der Waals surface area (Å²) >= 11 is 0. The molecule has 0 bridgehead atoms. The van der Waals surface area contributed by atoms with Gasteiger partial charge in [-0.1, -0.05) is 18.2 Å². The summed E-state index contributed by atoms with van der Waals surface area (Å²) in [5.41, 5.74) is 3.75. The molecule has 0 aliphatic carbocycles. The van der Waals surface area contributed by atoms with Crippen molar-refractivity contribution in [3.05, 3.63) is 48.2 Å². The molecule has 1 aliphatic rings. The second-order valence-electron chi connectivity index (χ2n) is 6.63. The molecule has 23 heavy (non-hydrogen) atoms. The van der Waals surface area contributed by atoms with E-state index in [9.17, 15) is 0 Å². The SMILES string of the molecule is CN(C)Cc1cccc(-c2ccc(N3CCN(C)CC3)nc2)c1. The first-order valence-electron chi connectivity index (χ1n) is 8.25. The minimum absolute atomic E-state index is 0.959. The molecule has 2 heterocycles. The van der Waals surface area contributed by atoms with E-state index < -0.39 is 0 Å². The van der Waals surface area contributed by atoms with Crippen molar-refractivity contribution in [2.75, 3.05) is 52.2 Å². The zero-order valence-electron chi connectivity index (χ0n) is 14.4. The van der Waals surface area contributed by atoms with Gasteiger partial charge in [0.1, 0.15) is 5.82 Å². The van der Waals surface area contributed by atoms with Gasteiger partial charge in [-0.25, -0.2) is 4.98 Å². The highest BCUT2D eigenvalue weighted by Crippen LogP contribution is 2.23. The molecule has 0 unspecified atom stereocenters. The van der Waals surface area contributed by atoms with Crippen molar-refractivity contribution >= 4 is 5.82 Å². The van der Waals surface area contributed by atoms with Crippen molar-refractivity contribution in [2.45, 2.75) is 6.54 Å². The summed E-state index contributed by atoms with van der Waals surface area (Å²) in [6.45, 7) is 5.29. The van der Waals surface area contributed by atoms with Crippen molar-refractivity contribution in [2.24, 2.45) is 0 Å². The maximum absolute atomic E-state index is 4.69. The highest BCUT2D eigenvalue weighted by molar-refractivity contribution is 5.64. The lowest BCUT2D eigenvalue weighted by molar-refractivity contribution is 0.312. The molecular formula is C19H26N4. The monoisotopic (exact) mass is 310 g/mol. The summed E-state index contributed by atoms with van der Waals surface area (Å²) in [4.78, 5) is 11.6. The summed E-state index contributed by atoms with van der Waals surface area (Å²) in [6.07, 6.45) is 2.00. The average Bonchev–Trinajstić information content (AvgIpc) is 2.55. The van der Waals surface area contributed by atoms with E-state index in [0.717, 1.165) is 38.5 Å². The van der Waals surface area contributed by atoms with Crippen LogP contribution < -0.4 is 4.90 Å². The third-order valence-corrected chi connectivity index (χ3v) is 4.33. The molecule has 1 aliphatic heterocycles. The van der Waals surface area contributed by atoms with Crippen LogP contribution in [0.25, 0.3) is 11.1 Å². The Balaban J connectivity index is 1.74. The number of hydrogen-bond acceptors (Lipinski definition) is 4. The van der Waals surface area contributed by atoms with Crippen molar-refractivity contribution in [1.29, 1.82) is 0 Å². The third-order valence-electron chi connectivity index (χ3n) is 4.33. The van der Waals surface area contributed by atoms with Gasteiger partial charge in [0.25, 0.3) is 0 Å². The van der Waals surface area contributed by atoms with Crippen LogP contribution in [0.4, 0.5) is 5.82 Å². The fourth-order valence-corrected chi connectivity index (χ4v) is 2.99. The van der Waals surface area contributed by atoms with Crippen LogP contribution >= 0.6 is 0 Å². The van der Waals surface area contributed by atoms with Gasteiger partial charge in [-0.3, -0.25) is 0 Å². The lowest BCUT2D eigenvalue weighted by atomic mass is 10.0. The lowest BCUT2D eigenvalue weighted by Crippen LogP contribution is -2.44. The molecule has 3 rings (SSSR count). The number of nitrogens with zero attached hydrogens (tertiary/aromatic N) is 4. The Morgan fingerprint density at radius 2 is 1.78 bits per heavy atom. The van der Waals surface area contributed by atoms with E-state index in [1.165, 1.54) is 16.7 Å². The second kappa shape index (κ2) is 7.11. The number of hydrogen-bond donors (Lipinski definition) is 0. The Kier molecular flexibility index (Phi) is 4.94. The number of rotatable bonds is 4. The van der Waals surface area contributed by atoms with Crippen molar-refractivity contribution < 1.29 is 0 Å². The quantitative estimate of drug-likeness (QED) is 0.865. The molecule has 0 N–H and O–H groups in total. The van der Waals surface area contributed by atoms with Gasteiger partial charge in [-0.15, -0.1) is 0 Å². The molecule has 0 amide bonds. The Morgan fingerprint density at radius 1 is 1.00 bits per heavy atom. The molecular weight excluding hydrogens is 284 g/mol. The van der Waals surface area contributed by atoms with Gasteiger partial charge in [0.2, 0.25) is 0 Å². The van der Waals surface area contributed by atoms with Crippen LogP contribution in [0.3, 0.4) is 0 Å². The maximum atomic E-state index is 4.69. The van der Waals surface area contributed by atoms with Crippen LogP contribution in [0, 0.1) is 0 Å². The standard InChI is InChI=1S/C19H26N4/c1-21(2)15-16-5-4-6-17(13-16)18-7-8-19(20-14-18)23-11-9-22(3)10-12-23/h4-8,13-14H,9-12,15H2,1-3H3. The molecule has 1 aromatic carbocycles. The van der Waals surface area contributed by atoms with Crippen molar-refractivity contribution in [1.82, 2.24) is 14.8 Å². The highest BCUT2D eigenvalue weighted by Gasteiger charge is 2.15. The molecule has 0 spiro atoms. The van der Waals surface area contributed by atoms with E-state index in [-0.39, 0.29) is 0 Å². The molecule has 4 heteroatoms. The highest BCUT2D eigenvalue weighted by atomic mass is 15.3. The van der Waals surface area contributed by atoms with Crippen molar-refractivity contribution in [3.63, 3.8) is 0 Å². The summed E-state index contributed by atoms with van der Waals surface area (Å²) in [5.74, 6) is 1.09. The summed E-state index contributed by atoms with van der Waals surface area (Å²) in [6, 6.07) is 13.1. The molecule has 0 saturated carbocycles. The smallest absolute Gasteiger partial charge is 0.128 e. The molecule has 1 saturated heterocycles. The fraction of sp³-hybridized carbons (Fsp3) is 0.421. The van der Waals surface area contributed by atoms with E-state index in [1.807, 2.05) is 6.20 Å². The van der Waals surface area contributed by atoms with E-state index >= 15 is 0 Å². The minimum atomic E-state index is 0.959. The Bertz CT molecular complexity index is 628. The third kappa shape index (κ3) is 4.09. The number of anilines is 1. The zero-order chi connectivity index (χ0) is 16.2. The van der Waals surface area contributed by atoms with Crippen LogP contribution in [0.2, 0.25) is 0 Å². The first-order valence-corrected chi connectivity index (χ1v) is 8.25. The predicted molar refractivity (Wildman–Crippen MR) is 96.8 cm³/mol. The Labute approximate surface area is 139 Å². The van der Waals surface area contributed by atoms with Gasteiger partial charge >= 0.3 is 0 Å². The van der Waals surface area contributed by atoms with Gasteiger partial charge in [-0.05, 0) is 50.5 Å². The van der Waals surface area contributed by atoms with Crippen LogP contribution in [0.15, 0.2) is 42.6 Å². The van der Waals surface area contributed by atoms with Crippen LogP contribution in [0.5, 0.6) is 0 Å². The maximum Gasteiger partial charge on any atom is 0.128 e. The molecule has 1 aromatic heterocycles. The van der Waals surface area contributed by atoms with Gasteiger partial charge in [0.15, 0.2) is 0 Å². The molecule has 0 atom stereocenters. The number of aromatic nitrogens is 1. The zero-order valence-corrected chi connectivity index (χ0v) is 14.4. The predicted octanol–water partition coefficient (Wildman–Crippen LogP) is 2.56. The molecule has 1 fully saturated rings. The summed E-state index contributed by atoms with van der Waals surface area (Å²) in [5, 5.41) is 0. The molecule has 0 radical (unpaired) electrons. The normalized spacial score (nSPS) is 16.1. The van der Waals surface area contributed by atoms with Gasteiger partial charge in [0.05, 0.1) is 0 Å². The minimum Gasteiger partial charge on any atom is -0.354 e. The van der Waals surface area contributed by atoms with Gasteiger partial charge in [0, 0.05) is 44.5 Å². The number of pyridine rings is 1. The molecule has 122 valence electrons.